The third-order valence-corrected chi connectivity index (χ3v) is 3.36. The van der Waals surface area contributed by atoms with Crippen LogP contribution in [-0.4, -0.2) is 41.7 Å². The highest BCUT2D eigenvalue weighted by atomic mass is 35.5. The molecule has 2 rings (SSSR count). The van der Waals surface area contributed by atoms with Crippen molar-refractivity contribution in [3.05, 3.63) is 16.5 Å². The Kier molecular flexibility index (Phi) is 5.54. The summed E-state index contributed by atoms with van der Waals surface area (Å²) < 4.78 is 5.36. The number of carbonyl (C=O) groups is 1. The van der Waals surface area contributed by atoms with Crippen LogP contribution in [0.5, 0.6) is 0 Å². The Hall–Kier alpha value is -0.950. The maximum atomic E-state index is 12.2. The Morgan fingerprint density at radius 3 is 2.95 bits per heavy atom. The van der Waals surface area contributed by atoms with Crippen molar-refractivity contribution >= 4 is 34.9 Å². The van der Waals surface area contributed by atoms with E-state index in [1.807, 2.05) is 0 Å². The number of anilines is 1. The van der Waals surface area contributed by atoms with Crippen molar-refractivity contribution < 1.29 is 9.53 Å². The second kappa shape index (κ2) is 7.17. The molecule has 0 aromatic carbocycles. The maximum absolute atomic E-state index is 12.2. The third kappa shape index (κ3) is 4.02. The van der Waals surface area contributed by atoms with E-state index in [9.17, 15) is 4.79 Å². The first-order valence-corrected chi connectivity index (χ1v) is 7.17. The summed E-state index contributed by atoms with van der Waals surface area (Å²) in [6.45, 7) is 3.84. The van der Waals surface area contributed by atoms with Crippen LogP contribution in [0, 0.1) is 5.92 Å². The summed E-state index contributed by atoms with van der Waals surface area (Å²) in [4.78, 5) is 19.9. The quantitative estimate of drug-likeness (QED) is 0.639. The molecule has 110 valence electrons. The molecule has 2 atom stereocenters. The minimum Gasteiger partial charge on any atom is -0.379 e. The number of amides is 1. The van der Waals surface area contributed by atoms with E-state index in [0.29, 0.717) is 19.0 Å². The number of aromatic nitrogens is 2. The van der Waals surface area contributed by atoms with Crippen LogP contribution in [-0.2, 0) is 9.53 Å². The SMILES string of the molecule is CCCNC1COCC1C(=O)Nc1cc(Cl)nc(Cl)n1. The largest absolute Gasteiger partial charge is 0.379 e. The van der Waals surface area contributed by atoms with Gasteiger partial charge in [0, 0.05) is 12.1 Å². The molecule has 1 fully saturated rings. The molecular formula is C12H16Cl2N4O2. The highest BCUT2D eigenvalue weighted by molar-refractivity contribution is 6.32. The number of rotatable bonds is 5. The fourth-order valence-electron chi connectivity index (χ4n) is 2.02. The lowest BCUT2D eigenvalue weighted by molar-refractivity contribution is -0.120. The summed E-state index contributed by atoms with van der Waals surface area (Å²) in [5.74, 6) is -0.128. The molecule has 20 heavy (non-hydrogen) atoms. The second-order valence-electron chi connectivity index (χ2n) is 4.54. The van der Waals surface area contributed by atoms with Crippen molar-refractivity contribution in [1.29, 1.82) is 0 Å². The summed E-state index contributed by atoms with van der Waals surface area (Å²) in [6.07, 6.45) is 1.00. The van der Waals surface area contributed by atoms with Crippen LogP contribution in [0.2, 0.25) is 10.4 Å². The standard InChI is InChI=1S/C12H16Cl2N4O2/c1-2-3-15-8-6-20-5-7(8)11(19)17-10-4-9(13)16-12(14)18-10/h4,7-8,15H,2-3,5-6H2,1H3,(H,16,17,18,19). The molecule has 0 saturated carbocycles. The summed E-state index contributed by atoms with van der Waals surface area (Å²) in [7, 11) is 0. The van der Waals surface area contributed by atoms with Gasteiger partial charge in [-0.1, -0.05) is 18.5 Å². The van der Waals surface area contributed by atoms with Gasteiger partial charge in [0.2, 0.25) is 11.2 Å². The fourth-order valence-corrected chi connectivity index (χ4v) is 2.43. The average molecular weight is 319 g/mol. The number of hydrogen-bond acceptors (Lipinski definition) is 5. The predicted octanol–water partition coefficient (Wildman–Crippen LogP) is 1.74. The number of hydrogen-bond donors (Lipinski definition) is 2. The van der Waals surface area contributed by atoms with E-state index in [-0.39, 0.29) is 28.3 Å². The van der Waals surface area contributed by atoms with Crippen molar-refractivity contribution in [2.45, 2.75) is 19.4 Å². The van der Waals surface area contributed by atoms with Crippen molar-refractivity contribution in [3.8, 4) is 0 Å². The molecule has 1 saturated heterocycles. The van der Waals surface area contributed by atoms with Gasteiger partial charge in [0.05, 0.1) is 19.1 Å². The molecular weight excluding hydrogens is 303 g/mol. The Labute approximate surface area is 127 Å². The predicted molar refractivity (Wildman–Crippen MR) is 77.1 cm³/mol. The zero-order valence-corrected chi connectivity index (χ0v) is 12.5. The molecule has 1 aliphatic heterocycles. The second-order valence-corrected chi connectivity index (χ2v) is 5.26. The number of carbonyl (C=O) groups excluding carboxylic acids is 1. The van der Waals surface area contributed by atoms with Gasteiger partial charge in [0.1, 0.15) is 11.0 Å². The molecule has 6 nitrogen and oxygen atoms in total. The van der Waals surface area contributed by atoms with E-state index in [4.69, 9.17) is 27.9 Å². The van der Waals surface area contributed by atoms with Crippen LogP contribution in [0.15, 0.2) is 6.07 Å². The highest BCUT2D eigenvalue weighted by Crippen LogP contribution is 2.18. The first kappa shape index (κ1) is 15.4. The van der Waals surface area contributed by atoms with E-state index in [2.05, 4.69) is 27.5 Å². The van der Waals surface area contributed by atoms with Gasteiger partial charge in [0.25, 0.3) is 0 Å². The van der Waals surface area contributed by atoms with Gasteiger partial charge >= 0.3 is 0 Å². The van der Waals surface area contributed by atoms with Crippen molar-refractivity contribution in [2.24, 2.45) is 5.92 Å². The molecule has 2 N–H and O–H groups in total. The number of halogens is 2. The molecule has 0 radical (unpaired) electrons. The van der Waals surface area contributed by atoms with Gasteiger partial charge in [-0.2, -0.15) is 0 Å². The summed E-state index contributed by atoms with van der Waals surface area (Å²) in [5.41, 5.74) is 0. The molecule has 1 aromatic rings. The van der Waals surface area contributed by atoms with Gasteiger partial charge in [0.15, 0.2) is 0 Å². The minimum absolute atomic E-state index is 0.00358. The lowest BCUT2D eigenvalue weighted by Crippen LogP contribution is -2.41. The third-order valence-electron chi connectivity index (χ3n) is 2.99. The lowest BCUT2D eigenvalue weighted by atomic mass is 10.0. The monoisotopic (exact) mass is 318 g/mol. The van der Waals surface area contributed by atoms with Crippen LogP contribution in [0.25, 0.3) is 0 Å². The van der Waals surface area contributed by atoms with Crippen LogP contribution in [0.1, 0.15) is 13.3 Å². The Balaban J connectivity index is 1.99. The number of nitrogens with zero attached hydrogens (tertiary/aromatic N) is 2. The van der Waals surface area contributed by atoms with E-state index in [0.717, 1.165) is 13.0 Å². The number of ether oxygens (including phenoxy) is 1. The van der Waals surface area contributed by atoms with Crippen LogP contribution in [0.3, 0.4) is 0 Å². The topological polar surface area (TPSA) is 76.1 Å². The first-order valence-electron chi connectivity index (χ1n) is 6.42. The van der Waals surface area contributed by atoms with Gasteiger partial charge in [-0.15, -0.1) is 0 Å². The van der Waals surface area contributed by atoms with Crippen LogP contribution in [0.4, 0.5) is 5.82 Å². The highest BCUT2D eigenvalue weighted by Gasteiger charge is 2.33. The van der Waals surface area contributed by atoms with Gasteiger partial charge < -0.3 is 15.4 Å². The van der Waals surface area contributed by atoms with E-state index >= 15 is 0 Å². The summed E-state index contributed by atoms with van der Waals surface area (Å²) >= 11 is 11.5. The number of nitrogens with one attached hydrogen (secondary N) is 2. The zero-order valence-electron chi connectivity index (χ0n) is 11.0. The van der Waals surface area contributed by atoms with Crippen molar-refractivity contribution in [3.63, 3.8) is 0 Å². The molecule has 8 heteroatoms. The molecule has 1 aromatic heterocycles. The van der Waals surface area contributed by atoms with Crippen LogP contribution >= 0.6 is 23.2 Å². The molecule has 1 aliphatic rings. The Morgan fingerprint density at radius 1 is 1.45 bits per heavy atom. The van der Waals surface area contributed by atoms with Gasteiger partial charge in [-0.25, -0.2) is 9.97 Å². The molecule has 0 aliphatic carbocycles. The van der Waals surface area contributed by atoms with E-state index in [1.165, 1.54) is 6.07 Å². The molecule has 1 amide bonds. The Bertz CT molecular complexity index is 466. The molecule has 0 spiro atoms. The Morgan fingerprint density at radius 2 is 2.25 bits per heavy atom. The van der Waals surface area contributed by atoms with E-state index in [1.54, 1.807) is 0 Å². The average Bonchev–Trinajstić information content (AvgIpc) is 2.83. The summed E-state index contributed by atoms with van der Waals surface area (Å²) in [6, 6.07) is 1.47. The fraction of sp³-hybridized carbons (Fsp3) is 0.583. The molecule has 2 unspecified atom stereocenters. The van der Waals surface area contributed by atoms with Crippen molar-refractivity contribution in [2.75, 3.05) is 25.1 Å². The van der Waals surface area contributed by atoms with Crippen LogP contribution < -0.4 is 10.6 Å². The molecule has 2 heterocycles. The van der Waals surface area contributed by atoms with Crippen molar-refractivity contribution in [1.82, 2.24) is 15.3 Å². The smallest absolute Gasteiger partial charge is 0.232 e. The van der Waals surface area contributed by atoms with Gasteiger partial charge in [-0.05, 0) is 24.6 Å². The van der Waals surface area contributed by atoms with E-state index < -0.39 is 0 Å². The molecule has 0 bridgehead atoms. The summed E-state index contributed by atoms with van der Waals surface area (Å²) in [5, 5.41) is 6.17. The van der Waals surface area contributed by atoms with Gasteiger partial charge in [-0.3, -0.25) is 4.79 Å². The minimum atomic E-state index is -0.255. The maximum Gasteiger partial charge on any atom is 0.232 e. The lowest BCUT2D eigenvalue weighted by Gasteiger charge is -2.18. The zero-order chi connectivity index (χ0) is 14.5. The first-order chi connectivity index (χ1) is 9.60. The normalized spacial score (nSPS) is 21.9.